The van der Waals surface area contributed by atoms with Crippen molar-refractivity contribution in [3.8, 4) is 0 Å². The average Bonchev–Trinajstić information content (AvgIpc) is 2.97. The van der Waals surface area contributed by atoms with Gasteiger partial charge < -0.3 is 14.0 Å². The summed E-state index contributed by atoms with van der Waals surface area (Å²) in [5.41, 5.74) is 3.75. The van der Waals surface area contributed by atoms with Crippen LogP contribution in [0.4, 0.5) is 0 Å². The van der Waals surface area contributed by atoms with Gasteiger partial charge in [0.05, 0.1) is 25.3 Å². The van der Waals surface area contributed by atoms with Gasteiger partial charge in [-0.2, -0.15) is 0 Å². The zero-order chi connectivity index (χ0) is 16.5. The highest BCUT2D eigenvalue weighted by Gasteiger charge is 2.33. The van der Waals surface area contributed by atoms with Crippen molar-refractivity contribution in [1.29, 1.82) is 0 Å². The van der Waals surface area contributed by atoms with E-state index in [4.69, 9.17) is 9.47 Å². The van der Waals surface area contributed by atoms with E-state index in [9.17, 15) is 4.79 Å². The smallest absolute Gasteiger partial charge is 0.328 e. The van der Waals surface area contributed by atoms with Crippen LogP contribution in [0, 0.1) is 0 Å². The molecule has 0 saturated carbocycles. The normalized spacial score (nSPS) is 19.4. The van der Waals surface area contributed by atoms with Crippen LogP contribution in [-0.2, 0) is 27.2 Å². The van der Waals surface area contributed by atoms with Crippen molar-refractivity contribution in [2.75, 3.05) is 32.9 Å². The maximum absolute atomic E-state index is 12.8. The molecule has 2 aromatic rings. The number of para-hydroxylation sites is 1. The summed E-state index contributed by atoms with van der Waals surface area (Å²) in [6.07, 6.45) is 4.44. The van der Waals surface area contributed by atoms with Crippen molar-refractivity contribution in [2.24, 2.45) is 0 Å². The molecule has 2 aliphatic rings. The maximum Gasteiger partial charge on any atom is 0.328 e. The maximum atomic E-state index is 12.8. The first kappa shape index (κ1) is 15.7. The molecule has 5 nitrogen and oxygen atoms in total. The second-order valence-electron chi connectivity index (χ2n) is 6.50. The molecule has 1 aromatic carbocycles. The number of hydrogen-bond acceptors (Lipinski definition) is 4. The van der Waals surface area contributed by atoms with Gasteiger partial charge in [0.2, 0.25) is 0 Å². The van der Waals surface area contributed by atoms with E-state index in [1.165, 1.54) is 16.5 Å². The molecule has 24 heavy (non-hydrogen) atoms. The average molecular weight is 328 g/mol. The lowest BCUT2D eigenvalue weighted by molar-refractivity contribution is -0.151. The molecule has 2 aliphatic heterocycles. The molecule has 0 spiro atoms. The van der Waals surface area contributed by atoms with Gasteiger partial charge in [0, 0.05) is 36.8 Å². The Kier molecular flexibility index (Phi) is 4.29. The number of carbonyl (C=O) groups is 1. The molecule has 1 unspecified atom stereocenters. The van der Waals surface area contributed by atoms with Gasteiger partial charge >= 0.3 is 5.97 Å². The fourth-order valence-electron chi connectivity index (χ4n) is 4.03. The van der Waals surface area contributed by atoms with Crippen LogP contribution in [0.5, 0.6) is 0 Å². The summed E-state index contributed by atoms with van der Waals surface area (Å²) >= 11 is 0. The van der Waals surface area contributed by atoms with Gasteiger partial charge in [-0.3, -0.25) is 4.90 Å². The van der Waals surface area contributed by atoms with Gasteiger partial charge in [-0.1, -0.05) is 18.2 Å². The lowest BCUT2D eigenvalue weighted by Gasteiger charge is -2.32. The zero-order valence-electron chi connectivity index (χ0n) is 14.2. The largest absolute Gasteiger partial charge is 0.465 e. The summed E-state index contributed by atoms with van der Waals surface area (Å²) < 4.78 is 13.2. The number of ether oxygens (including phenoxy) is 2. The molecule has 3 heterocycles. The minimum Gasteiger partial charge on any atom is -0.465 e. The zero-order valence-corrected chi connectivity index (χ0v) is 14.2. The Morgan fingerprint density at radius 3 is 2.92 bits per heavy atom. The molecule has 0 N–H and O–H groups in total. The summed E-state index contributed by atoms with van der Waals surface area (Å²) in [6, 6.07) is 6.11. The van der Waals surface area contributed by atoms with Crippen molar-refractivity contribution in [3.05, 3.63) is 35.5 Å². The first-order chi connectivity index (χ1) is 11.8. The molecular weight excluding hydrogens is 304 g/mol. The van der Waals surface area contributed by atoms with Crippen molar-refractivity contribution < 1.29 is 14.3 Å². The molecule has 1 atom stereocenters. The van der Waals surface area contributed by atoms with E-state index < -0.39 is 0 Å². The molecule has 128 valence electrons. The first-order valence-corrected chi connectivity index (χ1v) is 8.88. The monoisotopic (exact) mass is 328 g/mol. The number of nitrogens with zero attached hydrogens (tertiary/aromatic N) is 2. The van der Waals surface area contributed by atoms with Crippen LogP contribution in [0.1, 0.15) is 30.5 Å². The number of esters is 1. The van der Waals surface area contributed by atoms with Crippen molar-refractivity contribution >= 4 is 16.9 Å². The summed E-state index contributed by atoms with van der Waals surface area (Å²) in [6.45, 7) is 6.14. The molecule has 1 fully saturated rings. The predicted molar refractivity (Wildman–Crippen MR) is 92.0 cm³/mol. The fourth-order valence-corrected chi connectivity index (χ4v) is 4.03. The van der Waals surface area contributed by atoms with E-state index in [2.05, 4.69) is 33.9 Å². The van der Waals surface area contributed by atoms with Crippen LogP contribution in [0.3, 0.4) is 0 Å². The molecule has 0 radical (unpaired) electrons. The second-order valence-corrected chi connectivity index (χ2v) is 6.50. The number of benzene rings is 1. The lowest BCUT2D eigenvalue weighted by atomic mass is 9.99. The van der Waals surface area contributed by atoms with Crippen LogP contribution >= 0.6 is 0 Å². The number of morpholine rings is 1. The number of aromatic nitrogens is 1. The minimum atomic E-state index is -0.342. The van der Waals surface area contributed by atoms with Gasteiger partial charge in [0.25, 0.3) is 0 Å². The van der Waals surface area contributed by atoms with Gasteiger partial charge in [0.1, 0.15) is 6.04 Å². The Hall–Kier alpha value is -1.85. The van der Waals surface area contributed by atoms with Crippen molar-refractivity contribution in [3.63, 3.8) is 0 Å². The van der Waals surface area contributed by atoms with Gasteiger partial charge in [0.15, 0.2) is 0 Å². The van der Waals surface area contributed by atoms with Crippen LogP contribution in [0.15, 0.2) is 24.4 Å². The Balaban J connectivity index is 1.82. The highest BCUT2D eigenvalue weighted by molar-refractivity contribution is 5.92. The van der Waals surface area contributed by atoms with E-state index in [1.54, 1.807) is 0 Å². The van der Waals surface area contributed by atoms with E-state index >= 15 is 0 Å². The molecular formula is C19H24N2O3. The van der Waals surface area contributed by atoms with Gasteiger partial charge in [-0.05, 0) is 25.3 Å². The molecule has 4 rings (SSSR count). The Morgan fingerprint density at radius 1 is 1.29 bits per heavy atom. The van der Waals surface area contributed by atoms with E-state index in [-0.39, 0.29) is 12.0 Å². The van der Waals surface area contributed by atoms with Crippen LogP contribution in [0.2, 0.25) is 0 Å². The van der Waals surface area contributed by atoms with Crippen molar-refractivity contribution in [2.45, 2.75) is 32.4 Å². The highest BCUT2D eigenvalue weighted by atomic mass is 16.5. The van der Waals surface area contributed by atoms with Crippen LogP contribution in [-0.4, -0.2) is 48.3 Å². The number of rotatable bonds is 4. The summed E-state index contributed by atoms with van der Waals surface area (Å²) in [7, 11) is 0. The molecule has 1 saturated heterocycles. The third-order valence-corrected chi connectivity index (χ3v) is 5.07. The van der Waals surface area contributed by atoms with Crippen LogP contribution in [0.25, 0.3) is 10.9 Å². The van der Waals surface area contributed by atoms with Crippen LogP contribution < -0.4 is 0 Å². The van der Waals surface area contributed by atoms with E-state index in [0.29, 0.717) is 19.8 Å². The molecule has 1 aromatic heterocycles. The second kappa shape index (κ2) is 6.57. The lowest BCUT2D eigenvalue weighted by Crippen LogP contribution is -2.42. The third-order valence-electron chi connectivity index (χ3n) is 5.07. The quantitative estimate of drug-likeness (QED) is 0.809. The number of hydrogen-bond donors (Lipinski definition) is 0. The summed E-state index contributed by atoms with van der Waals surface area (Å²) in [4.78, 5) is 15.0. The topological polar surface area (TPSA) is 43.7 Å². The Bertz CT molecular complexity index is 746. The number of aryl methyl sites for hydroxylation is 2. The molecule has 0 amide bonds. The highest BCUT2D eigenvalue weighted by Crippen LogP contribution is 2.35. The van der Waals surface area contributed by atoms with Gasteiger partial charge in [-0.15, -0.1) is 0 Å². The third kappa shape index (κ3) is 2.62. The first-order valence-electron chi connectivity index (χ1n) is 8.88. The SMILES string of the molecule is CCOC(=O)C(c1cn2c3c(cccc13)CCC2)N1CCOCC1. The Labute approximate surface area is 142 Å². The molecule has 0 aliphatic carbocycles. The van der Waals surface area contributed by atoms with E-state index in [0.717, 1.165) is 38.0 Å². The predicted octanol–water partition coefficient (Wildman–Crippen LogP) is 2.52. The standard InChI is InChI=1S/C19H24N2O3/c1-2-24-19(22)18(20-9-11-23-12-10-20)16-13-21-8-4-6-14-5-3-7-15(16)17(14)21/h3,5,7,13,18H,2,4,6,8-12H2,1H3. The Morgan fingerprint density at radius 2 is 2.12 bits per heavy atom. The van der Waals surface area contributed by atoms with Gasteiger partial charge in [-0.25, -0.2) is 4.79 Å². The summed E-state index contributed by atoms with van der Waals surface area (Å²) in [5.74, 6) is -0.150. The molecule has 0 bridgehead atoms. The fraction of sp³-hybridized carbons (Fsp3) is 0.526. The number of carbonyl (C=O) groups excluding carboxylic acids is 1. The molecule has 5 heteroatoms. The van der Waals surface area contributed by atoms with Crippen molar-refractivity contribution in [1.82, 2.24) is 9.47 Å². The van der Waals surface area contributed by atoms with E-state index in [1.807, 2.05) is 6.92 Å². The minimum absolute atomic E-state index is 0.150. The summed E-state index contributed by atoms with van der Waals surface area (Å²) in [5, 5.41) is 1.19.